The summed E-state index contributed by atoms with van der Waals surface area (Å²) in [7, 11) is 0. The van der Waals surface area contributed by atoms with Crippen molar-refractivity contribution in [1.29, 1.82) is 0 Å². The second-order valence-corrected chi connectivity index (χ2v) is 8.77. The van der Waals surface area contributed by atoms with E-state index in [2.05, 4.69) is 28.2 Å². The molecule has 0 saturated heterocycles. The highest BCUT2D eigenvalue weighted by Crippen LogP contribution is 2.37. The number of carbonyl (C=O) groups is 1. The smallest absolute Gasteiger partial charge is 0.237 e. The maximum absolute atomic E-state index is 12.9. The summed E-state index contributed by atoms with van der Waals surface area (Å²) in [6, 6.07) is 18.0. The van der Waals surface area contributed by atoms with Crippen LogP contribution in [0, 0.1) is 0 Å². The average molecular weight is 397 g/mol. The van der Waals surface area contributed by atoms with Gasteiger partial charge in [-0.3, -0.25) is 9.89 Å². The number of hydrogen-bond acceptors (Lipinski definition) is 5. The van der Waals surface area contributed by atoms with Gasteiger partial charge in [0.15, 0.2) is 5.82 Å². The topological polar surface area (TPSA) is 61.9 Å². The number of benzene rings is 2. The molecule has 1 N–H and O–H groups in total. The Hall–Kier alpha value is -2.25. The molecule has 3 aromatic rings. The first-order valence-corrected chi connectivity index (χ1v) is 10.7. The van der Waals surface area contributed by atoms with Crippen LogP contribution in [0.2, 0.25) is 0 Å². The molecule has 1 amide bonds. The Labute approximate surface area is 167 Å². The highest BCUT2D eigenvalue weighted by atomic mass is 32.2. The second kappa shape index (κ2) is 8.19. The van der Waals surface area contributed by atoms with Crippen molar-refractivity contribution in [3.8, 4) is 11.4 Å². The highest BCUT2D eigenvalue weighted by Gasteiger charge is 2.24. The number of anilines is 1. The zero-order valence-corrected chi connectivity index (χ0v) is 16.6. The van der Waals surface area contributed by atoms with Crippen LogP contribution in [0.3, 0.4) is 0 Å². The largest absolute Gasteiger partial charge is 0.311 e. The standard InChI is InChI=1S/C20H20N4OS2/c1-14-11-12-24(16-9-5-6-10-17(16)27-14)18(25)13-26-20-21-19(22-23-20)15-7-3-2-4-8-15/h2-10,14H,11-13H2,1H3,(H,21,22,23)/t14-/m1/s1. The van der Waals surface area contributed by atoms with Crippen LogP contribution in [0.1, 0.15) is 13.3 Å². The number of carbonyl (C=O) groups excluding carboxylic acids is 1. The van der Waals surface area contributed by atoms with Gasteiger partial charge in [-0.05, 0) is 18.6 Å². The molecule has 5 nitrogen and oxygen atoms in total. The number of para-hydroxylation sites is 1. The third-order valence-corrected chi connectivity index (χ3v) is 6.45. The summed E-state index contributed by atoms with van der Waals surface area (Å²) >= 11 is 3.21. The lowest BCUT2D eigenvalue weighted by atomic mass is 10.2. The lowest BCUT2D eigenvalue weighted by Crippen LogP contribution is -2.33. The first-order valence-electron chi connectivity index (χ1n) is 8.87. The molecule has 0 spiro atoms. The number of H-pyrrole nitrogens is 1. The van der Waals surface area contributed by atoms with E-state index in [9.17, 15) is 4.79 Å². The van der Waals surface area contributed by atoms with Gasteiger partial charge < -0.3 is 4.90 Å². The van der Waals surface area contributed by atoms with Crippen molar-refractivity contribution in [2.75, 3.05) is 17.2 Å². The van der Waals surface area contributed by atoms with E-state index in [0.29, 0.717) is 16.2 Å². The number of hydrogen-bond donors (Lipinski definition) is 1. The molecule has 138 valence electrons. The Morgan fingerprint density at radius 1 is 1.22 bits per heavy atom. The Bertz CT molecular complexity index is 928. The van der Waals surface area contributed by atoms with Crippen molar-refractivity contribution in [2.24, 2.45) is 0 Å². The van der Waals surface area contributed by atoms with E-state index in [-0.39, 0.29) is 5.91 Å². The number of rotatable bonds is 4. The van der Waals surface area contributed by atoms with E-state index in [0.717, 1.165) is 30.0 Å². The fourth-order valence-electron chi connectivity index (χ4n) is 2.99. The molecule has 1 aliphatic rings. The monoisotopic (exact) mass is 396 g/mol. The Morgan fingerprint density at radius 3 is 2.85 bits per heavy atom. The summed E-state index contributed by atoms with van der Waals surface area (Å²) in [6.45, 7) is 2.96. The summed E-state index contributed by atoms with van der Waals surface area (Å²) in [5.74, 6) is 1.13. The van der Waals surface area contributed by atoms with E-state index in [1.807, 2.05) is 65.2 Å². The van der Waals surface area contributed by atoms with Gasteiger partial charge in [0.05, 0.1) is 11.4 Å². The summed E-state index contributed by atoms with van der Waals surface area (Å²) in [5, 5.41) is 8.27. The molecular weight excluding hydrogens is 376 g/mol. The Balaban J connectivity index is 1.45. The van der Waals surface area contributed by atoms with Crippen LogP contribution in [-0.2, 0) is 4.79 Å². The van der Waals surface area contributed by atoms with Crippen molar-refractivity contribution < 1.29 is 4.79 Å². The van der Waals surface area contributed by atoms with Crippen molar-refractivity contribution in [3.05, 3.63) is 54.6 Å². The summed E-state index contributed by atoms with van der Waals surface area (Å²) in [5.41, 5.74) is 1.99. The van der Waals surface area contributed by atoms with Crippen molar-refractivity contribution >= 4 is 35.1 Å². The normalized spacial score (nSPS) is 16.6. The maximum atomic E-state index is 12.9. The van der Waals surface area contributed by atoms with Crippen LogP contribution in [-0.4, -0.2) is 38.6 Å². The molecule has 0 unspecified atom stereocenters. The van der Waals surface area contributed by atoms with E-state index >= 15 is 0 Å². The predicted octanol–water partition coefficient (Wildman–Crippen LogP) is 4.48. The van der Waals surface area contributed by atoms with Gasteiger partial charge in [-0.1, -0.05) is 61.2 Å². The maximum Gasteiger partial charge on any atom is 0.237 e. The van der Waals surface area contributed by atoms with Crippen LogP contribution in [0.5, 0.6) is 0 Å². The third-order valence-electron chi connectivity index (χ3n) is 4.38. The van der Waals surface area contributed by atoms with Gasteiger partial charge in [-0.2, -0.15) is 0 Å². The van der Waals surface area contributed by atoms with E-state index in [1.165, 1.54) is 16.7 Å². The molecule has 0 saturated carbocycles. The van der Waals surface area contributed by atoms with E-state index in [1.54, 1.807) is 0 Å². The van der Waals surface area contributed by atoms with Crippen molar-refractivity contribution in [3.63, 3.8) is 0 Å². The van der Waals surface area contributed by atoms with E-state index in [4.69, 9.17) is 0 Å². The summed E-state index contributed by atoms with van der Waals surface area (Å²) in [4.78, 5) is 20.5. The SMILES string of the molecule is C[C@@H]1CCN(C(=O)CSc2n[nH]c(-c3ccccc3)n2)c2ccccc2S1. The zero-order chi connectivity index (χ0) is 18.6. The quantitative estimate of drug-likeness (QED) is 0.659. The number of nitrogens with one attached hydrogen (secondary N) is 1. The van der Waals surface area contributed by atoms with Crippen molar-refractivity contribution in [2.45, 2.75) is 28.6 Å². The fourth-order valence-corrected chi connectivity index (χ4v) is 4.77. The summed E-state index contributed by atoms with van der Waals surface area (Å²) in [6.07, 6.45) is 0.981. The minimum absolute atomic E-state index is 0.0909. The number of aromatic nitrogens is 3. The number of fused-ring (bicyclic) bond motifs is 1. The number of thioether (sulfide) groups is 2. The molecule has 0 radical (unpaired) electrons. The molecule has 0 aliphatic carbocycles. The second-order valence-electron chi connectivity index (χ2n) is 6.35. The van der Waals surface area contributed by atoms with Crippen molar-refractivity contribution in [1.82, 2.24) is 15.2 Å². The van der Waals surface area contributed by atoms with Crippen LogP contribution < -0.4 is 4.90 Å². The van der Waals surface area contributed by atoms with E-state index < -0.39 is 0 Å². The van der Waals surface area contributed by atoms with Gasteiger partial charge in [-0.25, -0.2) is 4.98 Å². The lowest BCUT2D eigenvalue weighted by molar-refractivity contribution is -0.116. The van der Waals surface area contributed by atoms with Gasteiger partial charge in [0.25, 0.3) is 0 Å². The number of amides is 1. The van der Waals surface area contributed by atoms with Gasteiger partial charge in [0, 0.05) is 22.3 Å². The average Bonchev–Trinajstić information content (AvgIpc) is 3.10. The third kappa shape index (κ3) is 4.20. The van der Waals surface area contributed by atoms with Gasteiger partial charge >= 0.3 is 0 Å². The molecule has 0 fully saturated rings. The van der Waals surface area contributed by atoms with Crippen LogP contribution >= 0.6 is 23.5 Å². The molecule has 4 rings (SSSR count). The molecule has 2 heterocycles. The Morgan fingerprint density at radius 2 is 2.00 bits per heavy atom. The van der Waals surface area contributed by atoms with Crippen LogP contribution in [0.4, 0.5) is 5.69 Å². The molecular formula is C20H20N4OS2. The van der Waals surface area contributed by atoms with Gasteiger partial charge in [-0.15, -0.1) is 16.9 Å². The minimum Gasteiger partial charge on any atom is -0.311 e. The highest BCUT2D eigenvalue weighted by molar-refractivity contribution is 8.00. The minimum atomic E-state index is 0.0909. The van der Waals surface area contributed by atoms with Crippen LogP contribution in [0.25, 0.3) is 11.4 Å². The molecule has 1 aromatic heterocycles. The first kappa shape index (κ1) is 18.1. The molecule has 2 aromatic carbocycles. The van der Waals surface area contributed by atoms with Crippen LogP contribution in [0.15, 0.2) is 64.6 Å². The molecule has 27 heavy (non-hydrogen) atoms. The zero-order valence-electron chi connectivity index (χ0n) is 15.0. The number of nitrogens with zero attached hydrogens (tertiary/aromatic N) is 3. The number of aromatic amines is 1. The molecule has 1 atom stereocenters. The first-order chi connectivity index (χ1) is 13.2. The van der Waals surface area contributed by atoms with Gasteiger partial charge in [0.1, 0.15) is 0 Å². The summed E-state index contributed by atoms with van der Waals surface area (Å²) < 4.78 is 0. The Kier molecular flexibility index (Phi) is 5.50. The lowest BCUT2D eigenvalue weighted by Gasteiger charge is -2.22. The molecule has 7 heteroatoms. The van der Waals surface area contributed by atoms with Gasteiger partial charge in [0.2, 0.25) is 11.1 Å². The molecule has 0 bridgehead atoms. The fraction of sp³-hybridized carbons (Fsp3) is 0.250. The predicted molar refractivity (Wildman–Crippen MR) is 111 cm³/mol. The molecule has 1 aliphatic heterocycles.